The van der Waals surface area contributed by atoms with Crippen LogP contribution in [-0.4, -0.2) is 44.5 Å². The summed E-state index contributed by atoms with van der Waals surface area (Å²) >= 11 is 0. The molecule has 0 aliphatic carbocycles. The normalized spacial score (nSPS) is 9.88. The van der Waals surface area contributed by atoms with Crippen molar-refractivity contribution in [2.45, 2.75) is 0 Å². The molecule has 7 nitrogen and oxygen atoms in total. The van der Waals surface area contributed by atoms with Crippen molar-refractivity contribution in [3.05, 3.63) is 65.7 Å². The topological polar surface area (TPSA) is 96.5 Å². The second-order valence-corrected chi connectivity index (χ2v) is 5.38. The van der Waals surface area contributed by atoms with Crippen LogP contribution < -0.4 is 20.7 Å². The molecular formula is C19H21N3O4. The first-order valence-electron chi connectivity index (χ1n) is 8.12. The third-order valence-corrected chi connectivity index (χ3v) is 3.53. The lowest BCUT2D eigenvalue weighted by molar-refractivity contribution is -0.120. The van der Waals surface area contributed by atoms with Crippen LogP contribution in [0.25, 0.3) is 0 Å². The van der Waals surface area contributed by atoms with E-state index in [4.69, 9.17) is 4.74 Å². The maximum atomic E-state index is 11.9. The summed E-state index contributed by atoms with van der Waals surface area (Å²) in [5.74, 6) is -0.202. The summed E-state index contributed by atoms with van der Waals surface area (Å²) in [7, 11) is 1.56. The van der Waals surface area contributed by atoms with Gasteiger partial charge in [-0.05, 0) is 36.4 Å². The van der Waals surface area contributed by atoms with Crippen LogP contribution in [0.3, 0.4) is 0 Å². The van der Waals surface area contributed by atoms with Gasteiger partial charge in [0.2, 0.25) is 5.91 Å². The minimum absolute atomic E-state index is 0.125. The summed E-state index contributed by atoms with van der Waals surface area (Å²) in [5.41, 5.74) is 0.999. The van der Waals surface area contributed by atoms with Gasteiger partial charge in [-0.3, -0.25) is 14.4 Å². The van der Waals surface area contributed by atoms with E-state index >= 15 is 0 Å². The van der Waals surface area contributed by atoms with Gasteiger partial charge < -0.3 is 20.7 Å². The number of hydrogen-bond donors (Lipinski definition) is 3. The Balaban J connectivity index is 1.63. The fourth-order valence-electron chi connectivity index (χ4n) is 2.14. The van der Waals surface area contributed by atoms with E-state index in [1.54, 1.807) is 55.6 Å². The number of carbonyl (C=O) groups excluding carboxylic acids is 3. The van der Waals surface area contributed by atoms with Crippen LogP contribution in [0.1, 0.15) is 20.7 Å². The first-order valence-corrected chi connectivity index (χ1v) is 8.12. The van der Waals surface area contributed by atoms with Gasteiger partial charge in [0.15, 0.2) is 0 Å². The number of methoxy groups -OCH3 is 1. The highest BCUT2D eigenvalue weighted by Gasteiger charge is 2.08. The average molecular weight is 355 g/mol. The first-order chi connectivity index (χ1) is 12.6. The summed E-state index contributed by atoms with van der Waals surface area (Å²) in [6, 6.07) is 15.4. The van der Waals surface area contributed by atoms with Crippen LogP contribution in [0.5, 0.6) is 5.75 Å². The maximum Gasteiger partial charge on any atom is 0.251 e. The Labute approximate surface area is 151 Å². The molecule has 2 aromatic carbocycles. The van der Waals surface area contributed by atoms with E-state index < -0.39 is 0 Å². The summed E-state index contributed by atoms with van der Waals surface area (Å²) in [6.07, 6.45) is 0. The van der Waals surface area contributed by atoms with E-state index in [1.165, 1.54) is 0 Å². The minimum Gasteiger partial charge on any atom is -0.497 e. The van der Waals surface area contributed by atoms with Gasteiger partial charge in [-0.15, -0.1) is 0 Å². The predicted octanol–water partition coefficient (Wildman–Crippen LogP) is 0.971. The molecule has 2 rings (SSSR count). The Kier molecular flexibility index (Phi) is 7.17. The molecule has 2 aromatic rings. The van der Waals surface area contributed by atoms with E-state index in [9.17, 15) is 14.4 Å². The van der Waals surface area contributed by atoms with E-state index in [0.717, 1.165) is 0 Å². The highest BCUT2D eigenvalue weighted by Crippen LogP contribution is 2.10. The van der Waals surface area contributed by atoms with Gasteiger partial charge >= 0.3 is 0 Å². The Hall–Kier alpha value is -3.35. The average Bonchev–Trinajstić information content (AvgIpc) is 2.70. The van der Waals surface area contributed by atoms with Crippen molar-refractivity contribution in [3.63, 3.8) is 0 Å². The summed E-state index contributed by atoms with van der Waals surface area (Å²) < 4.78 is 5.03. The zero-order valence-corrected chi connectivity index (χ0v) is 14.5. The molecule has 3 N–H and O–H groups in total. The number of amides is 3. The van der Waals surface area contributed by atoms with Crippen molar-refractivity contribution in [1.29, 1.82) is 0 Å². The molecule has 136 valence electrons. The van der Waals surface area contributed by atoms with Crippen molar-refractivity contribution in [1.82, 2.24) is 16.0 Å². The van der Waals surface area contributed by atoms with E-state index in [1.807, 2.05) is 6.07 Å². The van der Waals surface area contributed by atoms with E-state index in [2.05, 4.69) is 16.0 Å². The third-order valence-electron chi connectivity index (χ3n) is 3.53. The van der Waals surface area contributed by atoms with Crippen molar-refractivity contribution >= 4 is 17.7 Å². The summed E-state index contributed by atoms with van der Waals surface area (Å²) in [5, 5.41) is 7.86. The molecule has 0 spiro atoms. The van der Waals surface area contributed by atoms with Crippen LogP contribution >= 0.6 is 0 Å². The highest BCUT2D eigenvalue weighted by molar-refractivity contribution is 5.96. The SMILES string of the molecule is COc1ccc(C(=O)NCCNC(=O)CNC(=O)c2ccccc2)cc1. The fraction of sp³-hybridized carbons (Fsp3) is 0.211. The number of ether oxygens (including phenoxy) is 1. The Morgan fingerprint density at radius 1 is 0.769 bits per heavy atom. The molecule has 0 aliphatic heterocycles. The number of rotatable bonds is 8. The van der Waals surface area contributed by atoms with Gasteiger partial charge in [0, 0.05) is 24.2 Å². The van der Waals surface area contributed by atoms with Gasteiger partial charge in [0.1, 0.15) is 5.75 Å². The number of nitrogens with one attached hydrogen (secondary N) is 3. The van der Waals surface area contributed by atoms with Crippen molar-refractivity contribution in [2.24, 2.45) is 0 Å². The second kappa shape index (κ2) is 9.83. The van der Waals surface area contributed by atoms with Gasteiger partial charge in [-0.1, -0.05) is 18.2 Å². The smallest absolute Gasteiger partial charge is 0.251 e. The lowest BCUT2D eigenvalue weighted by Crippen LogP contribution is -2.40. The van der Waals surface area contributed by atoms with Crippen LogP contribution in [0.4, 0.5) is 0 Å². The molecule has 0 aliphatic rings. The number of benzene rings is 2. The summed E-state index contributed by atoms with van der Waals surface area (Å²) in [4.78, 5) is 35.5. The monoisotopic (exact) mass is 355 g/mol. The molecule has 26 heavy (non-hydrogen) atoms. The minimum atomic E-state index is -0.326. The molecule has 0 saturated carbocycles. The van der Waals surface area contributed by atoms with Crippen LogP contribution in [0.2, 0.25) is 0 Å². The Morgan fingerprint density at radius 2 is 1.35 bits per heavy atom. The van der Waals surface area contributed by atoms with Crippen LogP contribution in [0.15, 0.2) is 54.6 Å². The van der Waals surface area contributed by atoms with Gasteiger partial charge in [-0.25, -0.2) is 0 Å². The molecule has 0 aromatic heterocycles. The standard InChI is InChI=1S/C19H21N3O4/c1-26-16-9-7-15(8-10-16)18(24)21-12-11-20-17(23)13-22-19(25)14-5-3-2-4-6-14/h2-10H,11-13H2,1H3,(H,20,23)(H,21,24)(H,22,25). The van der Waals surface area contributed by atoms with Crippen LogP contribution in [-0.2, 0) is 4.79 Å². The van der Waals surface area contributed by atoms with Gasteiger partial charge in [-0.2, -0.15) is 0 Å². The Bertz CT molecular complexity index is 745. The quantitative estimate of drug-likeness (QED) is 0.615. The van der Waals surface area contributed by atoms with Crippen molar-refractivity contribution in [3.8, 4) is 5.75 Å². The number of carbonyl (C=O) groups is 3. The Morgan fingerprint density at radius 3 is 2.00 bits per heavy atom. The predicted molar refractivity (Wildman–Crippen MR) is 97.1 cm³/mol. The van der Waals surface area contributed by atoms with Crippen LogP contribution in [0, 0.1) is 0 Å². The molecule has 0 radical (unpaired) electrons. The summed E-state index contributed by atoms with van der Waals surface area (Å²) in [6.45, 7) is 0.422. The zero-order valence-electron chi connectivity index (χ0n) is 14.5. The lowest BCUT2D eigenvalue weighted by atomic mass is 10.2. The first kappa shape index (κ1) is 19.0. The lowest BCUT2D eigenvalue weighted by Gasteiger charge is -2.08. The zero-order chi connectivity index (χ0) is 18.8. The van der Waals surface area contributed by atoms with Crippen molar-refractivity contribution in [2.75, 3.05) is 26.7 Å². The molecule has 0 bridgehead atoms. The molecular weight excluding hydrogens is 334 g/mol. The molecule has 3 amide bonds. The molecule has 0 unspecified atom stereocenters. The third kappa shape index (κ3) is 5.94. The van der Waals surface area contributed by atoms with E-state index in [-0.39, 0.29) is 37.4 Å². The number of hydrogen-bond acceptors (Lipinski definition) is 4. The second-order valence-electron chi connectivity index (χ2n) is 5.38. The van der Waals surface area contributed by atoms with Crippen molar-refractivity contribution < 1.29 is 19.1 Å². The fourth-order valence-corrected chi connectivity index (χ4v) is 2.14. The molecule has 0 fully saturated rings. The van der Waals surface area contributed by atoms with E-state index in [0.29, 0.717) is 16.9 Å². The molecule has 0 saturated heterocycles. The maximum absolute atomic E-state index is 11.9. The molecule has 7 heteroatoms. The molecule has 0 heterocycles. The largest absolute Gasteiger partial charge is 0.497 e. The van der Waals surface area contributed by atoms with Gasteiger partial charge in [0.25, 0.3) is 11.8 Å². The highest BCUT2D eigenvalue weighted by atomic mass is 16.5. The van der Waals surface area contributed by atoms with Gasteiger partial charge in [0.05, 0.1) is 13.7 Å². The molecule has 0 atom stereocenters.